The standard InChI is InChI=1S/C25H32BrN3O4S/c1-18-12-14-20(15-13-18)16-28(19(2)25(31)27-21-8-4-5-9-21)24(30)17-29(34(3,32)33)23-11-7-6-10-22(23)26/h6-7,10-15,19,21H,4-5,8-9,16-17H2,1-3H3,(H,27,31)/t19-/m1/s1. The highest BCUT2D eigenvalue weighted by molar-refractivity contribution is 9.10. The van der Waals surface area contributed by atoms with Crippen LogP contribution in [0.1, 0.15) is 43.7 Å². The summed E-state index contributed by atoms with van der Waals surface area (Å²) in [5.74, 6) is -0.671. The first-order valence-corrected chi connectivity index (χ1v) is 14.1. The molecule has 1 atom stereocenters. The van der Waals surface area contributed by atoms with Crippen LogP contribution in [-0.4, -0.2) is 50.0 Å². The van der Waals surface area contributed by atoms with Crippen LogP contribution in [0.15, 0.2) is 53.0 Å². The van der Waals surface area contributed by atoms with Gasteiger partial charge < -0.3 is 10.2 Å². The summed E-state index contributed by atoms with van der Waals surface area (Å²) in [5.41, 5.74) is 2.33. The summed E-state index contributed by atoms with van der Waals surface area (Å²) in [7, 11) is -3.76. The molecular weight excluding hydrogens is 518 g/mol. The number of nitrogens with one attached hydrogen (secondary N) is 1. The number of sulfonamides is 1. The van der Waals surface area contributed by atoms with E-state index in [2.05, 4.69) is 21.2 Å². The van der Waals surface area contributed by atoms with Gasteiger partial charge in [-0.25, -0.2) is 8.42 Å². The quantitative estimate of drug-likeness (QED) is 0.512. The van der Waals surface area contributed by atoms with Crippen molar-refractivity contribution in [3.05, 3.63) is 64.1 Å². The summed E-state index contributed by atoms with van der Waals surface area (Å²) in [6.45, 7) is 3.46. The molecule has 1 aliphatic carbocycles. The van der Waals surface area contributed by atoms with Crippen LogP contribution in [0, 0.1) is 6.92 Å². The van der Waals surface area contributed by atoms with Crippen LogP contribution >= 0.6 is 15.9 Å². The van der Waals surface area contributed by atoms with Crippen LogP contribution < -0.4 is 9.62 Å². The van der Waals surface area contributed by atoms with Gasteiger partial charge in [0.05, 0.1) is 11.9 Å². The molecule has 0 heterocycles. The molecular formula is C25H32BrN3O4S. The van der Waals surface area contributed by atoms with Crippen molar-refractivity contribution >= 4 is 43.5 Å². The largest absolute Gasteiger partial charge is 0.352 e. The zero-order valence-corrected chi connectivity index (χ0v) is 22.2. The third kappa shape index (κ3) is 6.82. The summed E-state index contributed by atoms with van der Waals surface area (Å²) in [4.78, 5) is 28.1. The minimum absolute atomic E-state index is 0.124. The van der Waals surface area contributed by atoms with E-state index in [1.54, 1.807) is 31.2 Å². The summed E-state index contributed by atoms with van der Waals surface area (Å²) < 4.78 is 26.9. The molecule has 0 aromatic heterocycles. The molecule has 2 aromatic carbocycles. The number of carbonyl (C=O) groups excluding carboxylic acids is 2. The molecule has 0 bridgehead atoms. The van der Waals surface area contributed by atoms with Crippen LogP contribution in [-0.2, 0) is 26.2 Å². The van der Waals surface area contributed by atoms with Crippen molar-refractivity contribution in [2.45, 2.75) is 58.2 Å². The molecule has 7 nitrogen and oxygen atoms in total. The molecule has 3 rings (SSSR count). The zero-order valence-electron chi connectivity index (χ0n) is 19.8. The number of carbonyl (C=O) groups is 2. The molecule has 0 aliphatic heterocycles. The molecule has 0 radical (unpaired) electrons. The lowest BCUT2D eigenvalue weighted by Gasteiger charge is -2.32. The number of halogens is 1. The number of para-hydroxylation sites is 1. The fraction of sp³-hybridized carbons (Fsp3) is 0.440. The average Bonchev–Trinajstić information content (AvgIpc) is 3.29. The van der Waals surface area contributed by atoms with Crippen molar-refractivity contribution in [1.82, 2.24) is 10.2 Å². The number of hydrogen-bond acceptors (Lipinski definition) is 4. The minimum atomic E-state index is -3.76. The van der Waals surface area contributed by atoms with Gasteiger partial charge in [-0.2, -0.15) is 0 Å². The Kier molecular flexibility index (Phi) is 8.76. The second-order valence-electron chi connectivity index (χ2n) is 8.89. The van der Waals surface area contributed by atoms with Gasteiger partial charge in [0.15, 0.2) is 0 Å². The maximum atomic E-state index is 13.6. The Labute approximate surface area is 210 Å². The van der Waals surface area contributed by atoms with E-state index in [4.69, 9.17) is 0 Å². The first kappa shape index (κ1) is 26.2. The van der Waals surface area contributed by atoms with Crippen LogP contribution in [0.4, 0.5) is 5.69 Å². The molecule has 34 heavy (non-hydrogen) atoms. The van der Waals surface area contributed by atoms with Crippen LogP contribution in [0.2, 0.25) is 0 Å². The third-order valence-electron chi connectivity index (χ3n) is 6.14. The van der Waals surface area contributed by atoms with Crippen molar-refractivity contribution in [1.29, 1.82) is 0 Å². The number of rotatable bonds is 9. The van der Waals surface area contributed by atoms with Crippen LogP contribution in [0.25, 0.3) is 0 Å². The molecule has 1 N–H and O–H groups in total. The monoisotopic (exact) mass is 549 g/mol. The Morgan fingerprint density at radius 3 is 2.29 bits per heavy atom. The Morgan fingerprint density at radius 2 is 1.71 bits per heavy atom. The van der Waals surface area contributed by atoms with Gasteiger partial charge in [-0.05, 0) is 60.3 Å². The van der Waals surface area contributed by atoms with Crippen molar-refractivity contribution in [3.63, 3.8) is 0 Å². The normalized spacial score (nSPS) is 15.1. The van der Waals surface area contributed by atoms with E-state index in [1.807, 2.05) is 31.2 Å². The molecule has 1 saturated carbocycles. The Morgan fingerprint density at radius 1 is 1.09 bits per heavy atom. The van der Waals surface area contributed by atoms with E-state index in [9.17, 15) is 18.0 Å². The number of hydrogen-bond donors (Lipinski definition) is 1. The third-order valence-corrected chi connectivity index (χ3v) is 7.94. The lowest BCUT2D eigenvalue weighted by Crippen LogP contribution is -2.52. The zero-order chi connectivity index (χ0) is 24.9. The van der Waals surface area contributed by atoms with Gasteiger partial charge in [0.1, 0.15) is 12.6 Å². The lowest BCUT2D eigenvalue weighted by molar-refractivity contribution is -0.139. The van der Waals surface area contributed by atoms with Crippen molar-refractivity contribution < 1.29 is 18.0 Å². The van der Waals surface area contributed by atoms with Crippen molar-refractivity contribution in [2.75, 3.05) is 17.1 Å². The van der Waals surface area contributed by atoms with E-state index in [0.29, 0.717) is 10.2 Å². The summed E-state index contributed by atoms with van der Waals surface area (Å²) >= 11 is 3.38. The minimum Gasteiger partial charge on any atom is -0.352 e. The van der Waals surface area contributed by atoms with Crippen LogP contribution in [0.3, 0.4) is 0 Å². The average molecular weight is 551 g/mol. The second kappa shape index (κ2) is 11.4. The van der Waals surface area contributed by atoms with Crippen molar-refractivity contribution in [2.24, 2.45) is 0 Å². The molecule has 0 spiro atoms. The Bertz CT molecular complexity index is 1120. The topological polar surface area (TPSA) is 86.8 Å². The summed E-state index contributed by atoms with van der Waals surface area (Å²) in [6, 6.07) is 13.9. The number of aryl methyl sites for hydroxylation is 1. The van der Waals surface area contributed by atoms with E-state index in [1.165, 1.54) is 4.90 Å². The van der Waals surface area contributed by atoms with Crippen molar-refractivity contribution in [3.8, 4) is 0 Å². The number of benzene rings is 2. The number of anilines is 1. The van der Waals surface area contributed by atoms with Gasteiger partial charge in [-0.3, -0.25) is 13.9 Å². The number of nitrogens with zero attached hydrogens (tertiary/aromatic N) is 2. The molecule has 2 aromatic rings. The van der Waals surface area contributed by atoms with Gasteiger partial charge >= 0.3 is 0 Å². The molecule has 0 saturated heterocycles. The van der Waals surface area contributed by atoms with Gasteiger partial charge in [-0.15, -0.1) is 0 Å². The van der Waals surface area contributed by atoms with E-state index < -0.39 is 28.5 Å². The smallest absolute Gasteiger partial charge is 0.244 e. The maximum Gasteiger partial charge on any atom is 0.244 e. The highest BCUT2D eigenvalue weighted by Crippen LogP contribution is 2.28. The van der Waals surface area contributed by atoms with E-state index in [0.717, 1.165) is 47.4 Å². The molecule has 1 fully saturated rings. The van der Waals surface area contributed by atoms with Gasteiger partial charge in [0.25, 0.3) is 0 Å². The molecule has 9 heteroatoms. The molecule has 0 unspecified atom stereocenters. The van der Waals surface area contributed by atoms with Gasteiger partial charge in [0.2, 0.25) is 21.8 Å². The molecule has 1 aliphatic rings. The first-order valence-electron chi connectivity index (χ1n) is 11.4. The predicted molar refractivity (Wildman–Crippen MR) is 138 cm³/mol. The fourth-order valence-electron chi connectivity index (χ4n) is 4.11. The van der Waals surface area contributed by atoms with Crippen LogP contribution in [0.5, 0.6) is 0 Å². The first-order chi connectivity index (χ1) is 16.1. The summed E-state index contributed by atoms with van der Waals surface area (Å²) in [5, 5.41) is 3.06. The van der Waals surface area contributed by atoms with Gasteiger partial charge in [-0.1, -0.05) is 54.8 Å². The van der Waals surface area contributed by atoms with Gasteiger partial charge in [0, 0.05) is 17.1 Å². The maximum absolute atomic E-state index is 13.6. The highest BCUT2D eigenvalue weighted by Gasteiger charge is 2.31. The SMILES string of the molecule is Cc1ccc(CN(C(=O)CN(c2ccccc2Br)S(C)(=O)=O)[C@H](C)C(=O)NC2CCCC2)cc1. The lowest BCUT2D eigenvalue weighted by atomic mass is 10.1. The predicted octanol–water partition coefficient (Wildman–Crippen LogP) is 4.00. The highest BCUT2D eigenvalue weighted by atomic mass is 79.9. The summed E-state index contributed by atoms with van der Waals surface area (Å²) in [6.07, 6.45) is 5.12. The molecule has 2 amide bonds. The Hall–Kier alpha value is -2.39. The van der Waals surface area contributed by atoms with E-state index in [-0.39, 0.29) is 18.5 Å². The Balaban J connectivity index is 1.88. The van der Waals surface area contributed by atoms with E-state index >= 15 is 0 Å². The fourth-order valence-corrected chi connectivity index (χ4v) is 5.59. The molecule has 184 valence electrons. The second-order valence-corrected chi connectivity index (χ2v) is 11.7. The number of amides is 2.